The molecule has 0 spiro atoms. The highest BCUT2D eigenvalue weighted by molar-refractivity contribution is 5.93. The van der Waals surface area contributed by atoms with Crippen LogP contribution in [0.3, 0.4) is 0 Å². The van der Waals surface area contributed by atoms with Crippen LogP contribution in [0.5, 0.6) is 0 Å². The number of hydrogen-bond acceptors (Lipinski definition) is 4. The molecule has 1 atom stereocenters. The summed E-state index contributed by atoms with van der Waals surface area (Å²) in [6.07, 6.45) is 2.31. The summed E-state index contributed by atoms with van der Waals surface area (Å²) in [5.41, 5.74) is -0.0760. The molecule has 0 unspecified atom stereocenters. The SMILES string of the molecule is O=C(O)[C@@H]1CCCN(C(=O)c2cc([N+](=O)[O-])c[nH]2)C1. The number of amides is 1. The number of carboxylic acid groups (broad SMARTS) is 1. The average Bonchev–Trinajstić information content (AvgIpc) is 2.87. The second kappa shape index (κ2) is 5.09. The molecule has 0 saturated carbocycles. The van der Waals surface area contributed by atoms with Crippen LogP contribution < -0.4 is 0 Å². The molecule has 8 nitrogen and oxygen atoms in total. The van der Waals surface area contributed by atoms with Crippen LogP contribution in [0.4, 0.5) is 5.69 Å². The lowest BCUT2D eigenvalue weighted by Crippen LogP contribution is -2.42. The maximum absolute atomic E-state index is 12.1. The quantitative estimate of drug-likeness (QED) is 0.622. The number of hydrogen-bond donors (Lipinski definition) is 2. The number of carbonyl (C=O) groups excluding carboxylic acids is 1. The highest BCUT2D eigenvalue weighted by atomic mass is 16.6. The summed E-state index contributed by atoms with van der Waals surface area (Å²) >= 11 is 0. The standard InChI is InChI=1S/C11H13N3O5/c15-10(9-4-8(5-12-9)14(18)19)13-3-1-2-7(6-13)11(16)17/h4-5,7,12H,1-3,6H2,(H,16,17)/t7-/m1/s1. The normalized spacial score (nSPS) is 19.2. The second-order valence-corrected chi connectivity index (χ2v) is 4.46. The van der Waals surface area contributed by atoms with Crippen molar-refractivity contribution in [3.8, 4) is 0 Å². The first kappa shape index (κ1) is 13.1. The third kappa shape index (κ3) is 2.72. The molecule has 1 aliphatic heterocycles. The van der Waals surface area contributed by atoms with Crippen molar-refractivity contribution in [2.75, 3.05) is 13.1 Å². The van der Waals surface area contributed by atoms with Crippen molar-refractivity contribution in [2.45, 2.75) is 12.8 Å². The molecule has 0 radical (unpaired) electrons. The fourth-order valence-corrected chi connectivity index (χ4v) is 2.15. The molecule has 1 aliphatic rings. The predicted molar refractivity (Wildman–Crippen MR) is 63.7 cm³/mol. The Morgan fingerprint density at radius 3 is 2.84 bits per heavy atom. The summed E-state index contributed by atoms with van der Waals surface area (Å²) in [5, 5.41) is 19.5. The monoisotopic (exact) mass is 267 g/mol. The van der Waals surface area contributed by atoms with Crippen LogP contribution in [0.1, 0.15) is 23.3 Å². The van der Waals surface area contributed by atoms with Crippen molar-refractivity contribution < 1.29 is 19.6 Å². The summed E-state index contributed by atoms with van der Waals surface area (Å²) in [4.78, 5) is 36.9. The molecule has 2 heterocycles. The Morgan fingerprint density at radius 1 is 1.53 bits per heavy atom. The van der Waals surface area contributed by atoms with Gasteiger partial charge < -0.3 is 15.0 Å². The number of nitrogens with one attached hydrogen (secondary N) is 1. The first-order chi connectivity index (χ1) is 8.99. The van der Waals surface area contributed by atoms with E-state index in [1.54, 1.807) is 0 Å². The van der Waals surface area contributed by atoms with E-state index in [0.29, 0.717) is 19.4 Å². The maximum Gasteiger partial charge on any atom is 0.308 e. The minimum atomic E-state index is -0.921. The highest BCUT2D eigenvalue weighted by Gasteiger charge is 2.29. The lowest BCUT2D eigenvalue weighted by Gasteiger charge is -2.30. The molecule has 1 aromatic heterocycles. The minimum absolute atomic E-state index is 0.109. The summed E-state index contributed by atoms with van der Waals surface area (Å²) in [7, 11) is 0. The number of aromatic amines is 1. The van der Waals surface area contributed by atoms with Crippen LogP contribution in [0.25, 0.3) is 0 Å². The van der Waals surface area contributed by atoms with Crippen molar-refractivity contribution in [3.63, 3.8) is 0 Å². The Bertz CT molecular complexity index is 524. The fourth-order valence-electron chi connectivity index (χ4n) is 2.15. The largest absolute Gasteiger partial charge is 0.481 e. The molecule has 8 heteroatoms. The molecule has 0 aliphatic carbocycles. The first-order valence-corrected chi connectivity index (χ1v) is 5.84. The predicted octanol–water partition coefficient (Wildman–Crippen LogP) is 0.860. The molecular weight excluding hydrogens is 254 g/mol. The number of piperidine rings is 1. The molecular formula is C11H13N3O5. The number of aliphatic carboxylic acids is 1. The third-order valence-corrected chi connectivity index (χ3v) is 3.17. The van der Waals surface area contributed by atoms with Gasteiger partial charge in [-0.1, -0.05) is 0 Å². The third-order valence-electron chi connectivity index (χ3n) is 3.17. The molecule has 2 N–H and O–H groups in total. The van der Waals surface area contributed by atoms with Crippen LogP contribution >= 0.6 is 0 Å². The van der Waals surface area contributed by atoms with Gasteiger partial charge in [-0.05, 0) is 12.8 Å². The number of carboxylic acids is 1. The number of carbonyl (C=O) groups is 2. The molecule has 1 saturated heterocycles. The van der Waals surface area contributed by atoms with E-state index in [2.05, 4.69) is 4.98 Å². The van der Waals surface area contributed by atoms with Crippen molar-refractivity contribution in [3.05, 3.63) is 28.1 Å². The zero-order chi connectivity index (χ0) is 14.0. The summed E-state index contributed by atoms with van der Waals surface area (Å²) < 4.78 is 0. The van der Waals surface area contributed by atoms with Gasteiger partial charge in [-0.15, -0.1) is 0 Å². The van der Waals surface area contributed by atoms with Gasteiger partial charge in [-0.25, -0.2) is 0 Å². The van der Waals surface area contributed by atoms with Crippen LogP contribution in [0, 0.1) is 16.0 Å². The maximum atomic E-state index is 12.1. The summed E-state index contributed by atoms with van der Waals surface area (Å²) in [5.74, 6) is -1.89. The van der Waals surface area contributed by atoms with Gasteiger partial charge in [0, 0.05) is 19.2 Å². The van der Waals surface area contributed by atoms with E-state index >= 15 is 0 Å². The van der Waals surface area contributed by atoms with Crippen molar-refractivity contribution >= 4 is 17.6 Å². The van der Waals surface area contributed by atoms with Gasteiger partial charge in [0.25, 0.3) is 11.6 Å². The topological polar surface area (TPSA) is 117 Å². The molecule has 2 rings (SSSR count). The van der Waals surface area contributed by atoms with Gasteiger partial charge in [0.1, 0.15) is 5.69 Å². The molecule has 0 aromatic carbocycles. The molecule has 1 aromatic rings. The molecule has 102 valence electrons. The van der Waals surface area contributed by atoms with Gasteiger partial charge in [0.2, 0.25) is 0 Å². The van der Waals surface area contributed by atoms with Crippen molar-refractivity contribution in [1.29, 1.82) is 0 Å². The Balaban J connectivity index is 2.10. The van der Waals surface area contributed by atoms with E-state index in [9.17, 15) is 19.7 Å². The zero-order valence-corrected chi connectivity index (χ0v) is 10.0. The lowest BCUT2D eigenvalue weighted by atomic mass is 9.98. The number of nitro groups is 1. The number of nitrogens with zero attached hydrogens (tertiary/aromatic N) is 2. The summed E-state index contributed by atoms with van der Waals surface area (Å²) in [6, 6.07) is 1.16. The Morgan fingerprint density at radius 2 is 2.26 bits per heavy atom. The van der Waals surface area contributed by atoms with E-state index in [-0.39, 0.29) is 17.9 Å². The van der Waals surface area contributed by atoms with Gasteiger partial charge in [-0.3, -0.25) is 19.7 Å². The van der Waals surface area contributed by atoms with Gasteiger partial charge in [0.05, 0.1) is 17.0 Å². The second-order valence-electron chi connectivity index (χ2n) is 4.46. The average molecular weight is 267 g/mol. The molecule has 1 fully saturated rings. The van der Waals surface area contributed by atoms with Crippen LogP contribution in [0.2, 0.25) is 0 Å². The number of aromatic nitrogens is 1. The van der Waals surface area contributed by atoms with Crippen LogP contribution in [-0.2, 0) is 4.79 Å². The van der Waals surface area contributed by atoms with Gasteiger partial charge in [-0.2, -0.15) is 0 Å². The lowest BCUT2D eigenvalue weighted by molar-refractivity contribution is -0.384. The molecule has 1 amide bonds. The number of rotatable bonds is 3. The number of H-pyrrole nitrogens is 1. The highest BCUT2D eigenvalue weighted by Crippen LogP contribution is 2.20. The van der Waals surface area contributed by atoms with Crippen molar-refractivity contribution in [2.24, 2.45) is 5.92 Å². The Labute approximate surface area is 108 Å². The Hall–Kier alpha value is -2.38. The van der Waals surface area contributed by atoms with Gasteiger partial charge in [0.15, 0.2) is 0 Å². The smallest absolute Gasteiger partial charge is 0.308 e. The van der Waals surface area contributed by atoms with Crippen LogP contribution in [-0.4, -0.2) is 44.9 Å². The van der Waals surface area contributed by atoms with E-state index in [1.807, 2.05) is 0 Å². The molecule has 0 bridgehead atoms. The summed E-state index contributed by atoms with van der Waals surface area (Å²) in [6.45, 7) is 0.608. The molecule has 19 heavy (non-hydrogen) atoms. The number of likely N-dealkylation sites (tertiary alicyclic amines) is 1. The Kier molecular flexibility index (Phi) is 3.50. The fraction of sp³-hybridized carbons (Fsp3) is 0.455. The van der Waals surface area contributed by atoms with Crippen molar-refractivity contribution in [1.82, 2.24) is 9.88 Å². The van der Waals surface area contributed by atoms with Crippen LogP contribution in [0.15, 0.2) is 12.3 Å². The first-order valence-electron chi connectivity index (χ1n) is 5.84. The van der Waals surface area contributed by atoms with Gasteiger partial charge >= 0.3 is 5.97 Å². The van der Waals surface area contributed by atoms with E-state index in [0.717, 1.165) is 12.3 Å². The van der Waals surface area contributed by atoms with E-state index in [4.69, 9.17) is 5.11 Å². The minimum Gasteiger partial charge on any atom is -0.481 e. The van der Waals surface area contributed by atoms with E-state index in [1.165, 1.54) is 4.90 Å². The zero-order valence-electron chi connectivity index (χ0n) is 10.0. The van der Waals surface area contributed by atoms with E-state index < -0.39 is 22.7 Å².